The van der Waals surface area contributed by atoms with Crippen LogP contribution in [0.25, 0.3) is 0 Å². The summed E-state index contributed by atoms with van der Waals surface area (Å²) in [5.74, 6) is 0.495. The number of nitrogens with zero attached hydrogens (tertiary/aromatic N) is 3. The molecule has 1 aromatic heterocycles. The van der Waals surface area contributed by atoms with Crippen LogP contribution in [0.1, 0.15) is 39.3 Å². The zero-order valence-corrected chi connectivity index (χ0v) is 12.5. The van der Waals surface area contributed by atoms with Gasteiger partial charge in [0.05, 0.1) is 16.6 Å². The number of nitro groups is 1. The third-order valence-electron chi connectivity index (χ3n) is 4.00. The Balaban J connectivity index is 2.40. The summed E-state index contributed by atoms with van der Waals surface area (Å²) < 4.78 is 7.28. The fourth-order valence-electron chi connectivity index (χ4n) is 2.56. The van der Waals surface area contributed by atoms with E-state index >= 15 is 0 Å². The molecule has 1 aromatic rings. The topological polar surface area (TPSA) is 82.2 Å². The molecule has 1 N–H and O–H groups in total. The lowest BCUT2D eigenvalue weighted by atomic mass is 9.94. The highest BCUT2D eigenvalue weighted by Gasteiger charge is 2.40. The average Bonchev–Trinajstić information content (AvgIpc) is 2.82. The second-order valence-corrected chi connectivity index (χ2v) is 5.57. The van der Waals surface area contributed by atoms with Crippen LogP contribution in [-0.2, 0) is 11.3 Å². The summed E-state index contributed by atoms with van der Waals surface area (Å²) in [5.41, 5.74) is 0.211. The molecule has 0 bridgehead atoms. The smallest absolute Gasteiger partial charge is 0.333 e. The Bertz CT molecular complexity index is 514. The van der Waals surface area contributed by atoms with Gasteiger partial charge in [0.2, 0.25) is 5.82 Å². The number of anilines is 1. The van der Waals surface area contributed by atoms with Gasteiger partial charge >= 0.3 is 5.69 Å². The molecule has 2 rings (SSSR count). The molecule has 112 valence electrons. The first-order chi connectivity index (χ1) is 9.39. The molecule has 1 fully saturated rings. The van der Waals surface area contributed by atoms with Gasteiger partial charge in [0.15, 0.2) is 0 Å². The van der Waals surface area contributed by atoms with Gasteiger partial charge in [-0.1, -0.05) is 6.92 Å². The molecule has 0 saturated carbocycles. The first-order valence-electron chi connectivity index (χ1n) is 7.00. The van der Waals surface area contributed by atoms with Crippen molar-refractivity contribution in [1.82, 2.24) is 9.78 Å². The zero-order valence-electron chi connectivity index (χ0n) is 12.5. The Morgan fingerprint density at radius 1 is 1.65 bits per heavy atom. The van der Waals surface area contributed by atoms with Crippen molar-refractivity contribution in [2.24, 2.45) is 0 Å². The third kappa shape index (κ3) is 2.49. The highest BCUT2D eigenvalue weighted by atomic mass is 16.6. The van der Waals surface area contributed by atoms with E-state index in [-0.39, 0.29) is 22.3 Å². The van der Waals surface area contributed by atoms with Crippen LogP contribution in [-0.4, -0.2) is 33.0 Å². The molecule has 7 nitrogen and oxygen atoms in total. The second kappa shape index (κ2) is 5.40. The third-order valence-corrected chi connectivity index (χ3v) is 4.00. The van der Waals surface area contributed by atoms with Gasteiger partial charge in [0, 0.05) is 13.2 Å². The molecular weight excluding hydrogens is 260 g/mol. The summed E-state index contributed by atoms with van der Waals surface area (Å²) in [6, 6.07) is 0. The van der Waals surface area contributed by atoms with Gasteiger partial charge < -0.3 is 10.1 Å². The molecule has 1 saturated heterocycles. The van der Waals surface area contributed by atoms with Gasteiger partial charge in [-0.3, -0.25) is 10.1 Å². The minimum Gasteiger partial charge on any atom is -0.376 e. The molecule has 2 atom stereocenters. The van der Waals surface area contributed by atoms with Crippen molar-refractivity contribution >= 4 is 11.5 Å². The van der Waals surface area contributed by atoms with E-state index in [1.807, 2.05) is 20.8 Å². The van der Waals surface area contributed by atoms with Gasteiger partial charge in [0.25, 0.3) is 0 Å². The van der Waals surface area contributed by atoms with Crippen LogP contribution in [0, 0.1) is 17.0 Å². The van der Waals surface area contributed by atoms with Crippen LogP contribution < -0.4 is 5.32 Å². The van der Waals surface area contributed by atoms with Crippen molar-refractivity contribution in [2.75, 3.05) is 11.9 Å². The van der Waals surface area contributed by atoms with Crippen LogP contribution in [0.5, 0.6) is 0 Å². The lowest BCUT2D eigenvalue weighted by molar-refractivity contribution is -0.384. The first-order valence-corrected chi connectivity index (χ1v) is 7.00. The van der Waals surface area contributed by atoms with Crippen molar-refractivity contribution in [3.8, 4) is 0 Å². The monoisotopic (exact) mass is 282 g/mol. The minimum atomic E-state index is -0.360. The van der Waals surface area contributed by atoms with Crippen LogP contribution in [0.2, 0.25) is 0 Å². The number of aromatic nitrogens is 2. The fourth-order valence-corrected chi connectivity index (χ4v) is 2.56. The maximum absolute atomic E-state index is 11.3. The van der Waals surface area contributed by atoms with E-state index in [4.69, 9.17) is 4.74 Å². The number of hydrogen-bond donors (Lipinski definition) is 1. The number of ether oxygens (including phenoxy) is 1. The first kappa shape index (κ1) is 14.8. The summed E-state index contributed by atoms with van der Waals surface area (Å²) in [6.07, 6.45) is 1.70. The number of rotatable bonds is 5. The molecule has 2 heterocycles. The average molecular weight is 282 g/mol. The van der Waals surface area contributed by atoms with E-state index in [0.29, 0.717) is 24.7 Å². The van der Waals surface area contributed by atoms with Crippen LogP contribution in [0.15, 0.2) is 0 Å². The fraction of sp³-hybridized carbons (Fsp3) is 0.769. The SMILES string of the molecule is CCCn1nc(C)c([N+](=O)[O-])c1NC1(C)CCOC1C. The molecule has 1 aliphatic rings. The Morgan fingerprint density at radius 3 is 2.85 bits per heavy atom. The zero-order chi connectivity index (χ0) is 14.9. The molecule has 0 aliphatic carbocycles. The number of nitrogens with one attached hydrogen (secondary N) is 1. The summed E-state index contributed by atoms with van der Waals surface area (Å²) in [7, 11) is 0. The van der Waals surface area contributed by atoms with Crippen LogP contribution >= 0.6 is 0 Å². The molecule has 0 radical (unpaired) electrons. The van der Waals surface area contributed by atoms with Crippen molar-refractivity contribution < 1.29 is 9.66 Å². The molecule has 2 unspecified atom stereocenters. The summed E-state index contributed by atoms with van der Waals surface area (Å²) in [5, 5.41) is 18.9. The largest absolute Gasteiger partial charge is 0.376 e. The van der Waals surface area contributed by atoms with Gasteiger partial charge in [-0.15, -0.1) is 0 Å². The second-order valence-electron chi connectivity index (χ2n) is 5.57. The van der Waals surface area contributed by atoms with Gasteiger partial charge in [0.1, 0.15) is 5.69 Å². The van der Waals surface area contributed by atoms with Crippen LogP contribution in [0.4, 0.5) is 11.5 Å². The molecular formula is C13H22N4O3. The Kier molecular flexibility index (Phi) is 3.99. The van der Waals surface area contributed by atoms with E-state index in [2.05, 4.69) is 10.4 Å². The standard InChI is InChI=1S/C13H22N4O3/c1-5-7-16-12(11(17(18)19)9(2)15-16)14-13(4)6-8-20-10(13)3/h10,14H,5-8H2,1-4H3. The lowest BCUT2D eigenvalue weighted by Crippen LogP contribution is -2.42. The van der Waals surface area contributed by atoms with E-state index < -0.39 is 0 Å². The number of hydrogen-bond acceptors (Lipinski definition) is 5. The summed E-state index contributed by atoms with van der Waals surface area (Å²) in [4.78, 5) is 10.9. The van der Waals surface area contributed by atoms with Crippen molar-refractivity contribution in [2.45, 2.75) is 58.7 Å². The maximum atomic E-state index is 11.3. The van der Waals surface area contributed by atoms with Crippen molar-refractivity contribution in [3.63, 3.8) is 0 Å². The summed E-state index contributed by atoms with van der Waals surface area (Å²) in [6.45, 7) is 9.04. The maximum Gasteiger partial charge on any atom is 0.333 e. The predicted octanol–water partition coefficient (Wildman–Crippen LogP) is 2.49. The van der Waals surface area contributed by atoms with E-state index in [1.54, 1.807) is 11.6 Å². The summed E-state index contributed by atoms with van der Waals surface area (Å²) >= 11 is 0. The lowest BCUT2D eigenvalue weighted by Gasteiger charge is -2.29. The number of aryl methyl sites for hydroxylation is 2. The highest BCUT2D eigenvalue weighted by Crippen LogP contribution is 2.35. The van der Waals surface area contributed by atoms with E-state index in [0.717, 1.165) is 12.8 Å². The Hall–Kier alpha value is -1.63. The molecule has 0 amide bonds. The normalized spacial score (nSPS) is 25.9. The molecule has 7 heteroatoms. The van der Waals surface area contributed by atoms with Gasteiger partial charge in [-0.05, 0) is 33.6 Å². The predicted molar refractivity (Wildman–Crippen MR) is 76.0 cm³/mol. The molecule has 0 spiro atoms. The van der Waals surface area contributed by atoms with Crippen LogP contribution in [0.3, 0.4) is 0 Å². The highest BCUT2D eigenvalue weighted by molar-refractivity contribution is 5.61. The molecule has 1 aliphatic heterocycles. The van der Waals surface area contributed by atoms with Gasteiger partial charge in [-0.25, -0.2) is 4.68 Å². The molecule has 20 heavy (non-hydrogen) atoms. The van der Waals surface area contributed by atoms with Gasteiger partial charge in [-0.2, -0.15) is 5.10 Å². The molecule has 0 aromatic carbocycles. The Labute approximate surface area is 118 Å². The van der Waals surface area contributed by atoms with Crippen molar-refractivity contribution in [3.05, 3.63) is 15.8 Å². The quantitative estimate of drug-likeness (QED) is 0.662. The van der Waals surface area contributed by atoms with E-state index in [1.165, 1.54) is 0 Å². The minimum absolute atomic E-state index is 0.00684. The van der Waals surface area contributed by atoms with Crippen molar-refractivity contribution in [1.29, 1.82) is 0 Å². The Morgan fingerprint density at radius 2 is 2.35 bits per heavy atom. The van der Waals surface area contributed by atoms with E-state index in [9.17, 15) is 10.1 Å².